The normalized spacial score (nSPS) is 10.5. The number of hydrogen-bond acceptors (Lipinski definition) is 5. The van der Waals surface area contributed by atoms with Gasteiger partial charge in [-0.2, -0.15) is 0 Å². The summed E-state index contributed by atoms with van der Waals surface area (Å²) in [5, 5.41) is 2.64. The van der Waals surface area contributed by atoms with Gasteiger partial charge in [-0.1, -0.05) is 12.1 Å². The predicted octanol–water partition coefficient (Wildman–Crippen LogP) is 3.15. The monoisotopic (exact) mass is 380 g/mol. The van der Waals surface area contributed by atoms with Crippen molar-refractivity contribution in [1.82, 2.24) is 15.3 Å². The Labute approximate surface area is 162 Å². The second kappa shape index (κ2) is 9.05. The standard InChI is InChI=1S/C21H21FN4O2/c1-14-11-25-16(12-24-14)13-26-21(27)19-10-18(6-7-20(19)22)28-17-4-2-15(3-5-17)8-9-23/h2-7,10-12H,8-9,13,23H2,1H3,(H,26,27). The van der Waals surface area contributed by atoms with Crippen LogP contribution in [-0.2, 0) is 13.0 Å². The highest BCUT2D eigenvalue weighted by Crippen LogP contribution is 2.24. The summed E-state index contributed by atoms with van der Waals surface area (Å²) < 4.78 is 19.9. The van der Waals surface area contributed by atoms with Gasteiger partial charge < -0.3 is 15.8 Å². The maximum absolute atomic E-state index is 14.1. The van der Waals surface area contributed by atoms with Gasteiger partial charge in [-0.05, 0) is 55.8 Å². The van der Waals surface area contributed by atoms with Crippen LogP contribution in [-0.4, -0.2) is 22.4 Å². The van der Waals surface area contributed by atoms with Crippen molar-refractivity contribution in [2.24, 2.45) is 5.73 Å². The number of nitrogens with two attached hydrogens (primary N) is 1. The molecule has 0 saturated heterocycles. The molecular formula is C21H21FN4O2. The molecule has 0 aliphatic heterocycles. The van der Waals surface area contributed by atoms with E-state index in [0.717, 1.165) is 17.7 Å². The van der Waals surface area contributed by atoms with Gasteiger partial charge in [-0.3, -0.25) is 14.8 Å². The van der Waals surface area contributed by atoms with E-state index in [4.69, 9.17) is 10.5 Å². The predicted molar refractivity (Wildman–Crippen MR) is 104 cm³/mol. The lowest BCUT2D eigenvalue weighted by molar-refractivity contribution is 0.0946. The zero-order chi connectivity index (χ0) is 19.9. The van der Waals surface area contributed by atoms with Crippen molar-refractivity contribution in [2.45, 2.75) is 19.9 Å². The van der Waals surface area contributed by atoms with Crippen molar-refractivity contribution in [3.05, 3.63) is 83.2 Å². The molecule has 1 heterocycles. The van der Waals surface area contributed by atoms with Gasteiger partial charge in [0.25, 0.3) is 5.91 Å². The molecule has 1 aromatic heterocycles. The molecule has 144 valence electrons. The number of aryl methyl sites for hydroxylation is 1. The number of halogens is 1. The van der Waals surface area contributed by atoms with E-state index in [2.05, 4.69) is 15.3 Å². The van der Waals surface area contributed by atoms with Gasteiger partial charge in [0.1, 0.15) is 17.3 Å². The summed E-state index contributed by atoms with van der Waals surface area (Å²) in [5.41, 5.74) is 7.91. The van der Waals surface area contributed by atoms with E-state index in [0.29, 0.717) is 23.7 Å². The number of hydrogen-bond donors (Lipinski definition) is 2. The van der Waals surface area contributed by atoms with E-state index in [-0.39, 0.29) is 12.1 Å². The highest BCUT2D eigenvalue weighted by atomic mass is 19.1. The van der Waals surface area contributed by atoms with Gasteiger partial charge in [-0.15, -0.1) is 0 Å². The first-order valence-electron chi connectivity index (χ1n) is 8.87. The third-order valence-corrected chi connectivity index (χ3v) is 4.04. The summed E-state index contributed by atoms with van der Waals surface area (Å²) in [5.74, 6) is -0.219. The van der Waals surface area contributed by atoms with Gasteiger partial charge in [0.05, 0.1) is 29.7 Å². The van der Waals surface area contributed by atoms with Crippen molar-refractivity contribution in [3.8, 4) is 11.5 Å². The van der Waals surface area contributed by atoms with Crippen LogP contribution in [0.2, 0.25) is 0 Å². The first kappa shape index (κ1) is 19.4. The largest absolute Gasteiger partial charge is 0.457 e. The number of amides is 1. The molecule has 2 aromatic carbocycles. The molecule has 6 nitrogen and oxygen atoms in total. The molecule has 0 saturated carbocycles. The van der Waals surface area contributed by atoms with Gasteiger partial charge in [0, 0.05) is 6.20 Å². The molecule has 1 amide bonds. The van der Waals surface area contributed by atoms with Gasteiger partial charge in [0.2, 0.25) is 0 Å². The Hall–Kier alpha value is -3.32. The molecular weight excluding hydrogens is 359 g/mol. The summed E-state index contributed by atoms with van der Waals surface area (Å²) in [7, 11) is 0. The quantitative estimate of drug-likeness (QED) is 0.657. The average Bonchev–Trinajstić information content (AvgIpc) is 2.70. The number of benzene rings is 2. The van der Waals surface area contributed by atoms with Crippen LogP contribution in [0.15, 0.2) is 54.9 Å². The number of carbonyl (C=O) groups excluding carboxylic acids is 1. The highest BCUT2D eigenvalue weighted by molar-refractivity contribution is 5.94. The van der Waals surface area contributed by atoms with Gasteiger partial charge in [0.15, 0.2) is 0 Å². The number of nitrogens with one attached hydrogen (secondary N) is 1. The topological polar surface area (TPSA) is 90.1 Å². The van der Waals surface area contributed by atoms with Crippen LogP contribution in [0.3, 0.4) is 0 Å². The summed E-state index contributed by atoms with van der Waals surface area (Å²) in [6.45, 7) is 2.55. The Morgan fingerprint density at radius 2 is 1.86 bits per heavy atom. The summed E-state index contributed by atoms with van der Waals surface area (Å²) in [6, 6.07) is 11.5. The summed E-state index contributed by atoms with van der Waals surface area (Å²) in [6.07, 6.45) is 3.96. The van der Waals surface area contributed by atoms with E-state index >= 15 is 0 Å². The van der Waals surface area contributed by atoms with Crippen molar-refractivity contribution in [2.75, 3.05) is 6.54 Å². The second-order valence-corrected chi connectivity index (χ2v) is 6.26. The van der Waals surface area contributed by atoms with Gasteiger partial charge in [-0.25, -0.2) is 4.39 Å². The average molecular weight is 380 g/mol. The second-order valence-electron chi connectivity index (χ2n) is 6.26. The lowest BCUT2D eigenvalue weighted by Gasteiger charge is -2.10. The van der Waals surface area contributed by atoms with Gasteiger partial charge >= 0.3 is 0 Å². The number of aromatic nitrogens is 2. The minimum absolute atomic E-state index is 0.0997. The van der Waals surface area contributed by atoms with E-state index in [1.165, 1.54) is 18.2 Å². The number of rotatable bonds is 7. The van der Waals surface area contributed by atoms with Crippen LogP contribution in [0.25, 0.3) is 0 Å². The summed E-state index contributed by atoms with van der Waals surface area (Å²) >= 11 is 0. The van der Waals surface area contributed by atoms with E-state index in [1.807, 2.05) is 31.2 Å². The molecule has 3 N–H and O–H groups in total. The van der Waals surface area contributed by atoms with E-state index in [1.54, 1.807) is 12.4 Å². The first-order valence-corrected chi connectivity index (χ1v) is 8.87. The zero-order valence-electron chi connectivity index (χ0n) is 15.5. The Morgan fingerprint density at radius 1 is 1.11 bits per heavy atom. The number of nitrogens with zero attached hydrogens (tertiary/aromatic N) is 2. The molecule has 0 fully saturated rings. The molecule has 0 spiro atoms. The Balaban J connectivity index is 1.67. The minimum Gasteiger partial charge on any atom is -0.457 e. The summed E-state index contributed by atoms with van der Waals surface area (Å²) in [4.78, 5) is 20.6. The highest BCUT2D eigenvalue weighted by Gasteiger charge is 2.14. The maximum Gasteiger partial charge on any atom is 0.254 e. The fourth-order valence-electron chi connectivity index (χ4n) is 2.55. The van der Waals surface area contributed by atoms with Crippen molar-refractivity contribution in [3.63, 3.8) is 0 Å². The molecule has 0 aliphatic rings. The smallest absolute Gasteiger partial charge is 0.254 e. The Bertz CT molecular complexity index is 944. The zero-order valence-corrected chi connectivity index (χ0v) is 15.5. The molecule has 3 rings (SSSR count). The Morgan fingerprint density at radius 3 is 2.54 bits per heavy atom. The van der Waals surface area contributed by atoms with Crippen molar-refractivity contribution < 1.29 is 13.9 Å². The molecule has 0 radical (unpaired) electrons. The third-order valence-electron chi connectivity index (χ3n) is 4.04. The van der Waals surface area contributed by atoms with Crippen LogP contribution in [0, 0.1) is 12.7 Å². The van der Waals surface area contributed by atoms with Crippen LogP contribution in [0.1, 0.15) is 27.3 Å². The number of carbonyl (C=O) groups is 1. The molecule has 7 heteroatoms. The molecule has 0 atom stereocenters. The third kappa shape index (κ3) is 5.11. The van der Waals surface area contributed by atoms with Crippen LogP contribution in [0.5, 0.6) is 11.5 Å². The lowest BCUT2D eigenvalue weighted by Crippen LogP contribution is -2.24. The molecule has 28 heavy (non-hydrogen) atoms. The molecule has 3 aromatic rings. The minimum atomic E-state index is -0.627. The lowest BCUT2D eigenvalue weighted by atomic mass is 10.1. The van der Waals surface area contributed by atoms with Crippen molar-refractivity contribution >= 4 is 5.91 Å². The van der Waals surface area contributed by atoms with Crippen LogP contribution < -0.4 is 15.8 Å². The number of ether oxygens (including phenoxy) is 1. The fraction of sp³-hybridized carbons (Fsp3) is 0.190. The fourth-order valence-corrected chi connectivity index (χ4v) is 2.55. The van der Waals surface area contributed by atoms with Crippen LogP contribution in [0.4, 0.5) is 4.39 Å². The maximum atomic E-state index is 14.1. The molecule has 0 bridgehead atoms. The SMILES string of the molecule is Cc1cnc(CNC(=O)c2cc(Oc3ccc(CCN)cc3)ccc2F)cn1. The first-order chi connectivity index (χ1) is 13.5. The van der Waals surface area contributed by atoms with Crippen molar-refractivity contribution in [1.29, 1.82) is 0 Å². The molecule has 0 unspecified atom stereocenters. The van der Waals surface area contributed by atoms with E-state index < -0.39 is 11.7 Å². The van der Waals surface area contributed by atoms with E-state index in [9.17, 15) is 9.18 Å². The van der Waals surface area contributed by atoms with Crippen LogP contribution >= 0.6 is 0 Å². The molecule has 0 aliphatic carbocycles. The Kier molecular flexibility index (Phi) is 6.29.